The summed E-state index contributed by atoms with van der Waals surface area (Å²) in [5, 5.41) is 12.3. The van der Waals surface area contributed by atoms with Crippen LogP contribution in [-0.2, 0) is 14.8 Å². The zero-order valence-electron chi connectivity index (χ0n) is 15.8. The predicted octanol–water partition coefficient (Wildman–Crippen LogP) is 3.41. The molecule has 0 spiro atoms. The van der Waals surface area contributed by atoms with Crippen molar-refractivity contribution in [2.24, 2.45) is 0 Å². The largest absolute Gasteiger partial charge is 0.476 e. The Morgan fingerprint density at radius 2 is 1.97 bits per heavy atom. The minimum atomic E-state index is -3.57. The number of halogens is 1. The maximum atomic E-state index is 12.8. The number of anilines is 2. The quantitative estimate of drug-likeness (QED) is 0.620. The molecule has 1 atom stereocenters. The van der Waals surface area contributed by atoms with Crippen LogP contribution in [0.15, 0.2) is 48.5 Å². The number of carbonyl (C=O) groups excluding carboxylic acids is 1. The average Bonchev–Trinajstić information content (AvgIpc) is 3.21. The highest BCUT2D eigenvalue weighted by Crippen LogP contribution is 2.35. The number of sulfonamides is 1. The first kappa shape index (κ1) is 20.6. The standard InChI is InChI=1S/C19H17ClN4O4S2/c1-2-30(26,27)24-11-16(28-15-6-4-3-5-14(15)24)17(25)21-19-23-22-18(29-19)12-7-9-13(20)10-8-12/h3-10,16H,2,11H2,1H3,(H,21,23,25)/t16-/m1/s1. The summed E-state index contributed by atoms with van der Waals surface area (Å²) in [6, 6.07) is 13.8. The Morgan fingerprint density at radius 3 is 2.70 bits per heavy atom. The molecule has 3 aromatic rings. The molecule has 1 amide bonds. The van der Waals surface area contributed by atoms with E-state index in [1.54, 1.807) is 43.3 Å². The van der Waals surface area contributed by atoms with Gasteiger partial charge in [-0.2, -0.15) is 0 Å². The van der Waals surface area contributed by atoms with Gasteiger partial charge in [-0.25, -0.2) is 8.42 Å². The van der Waals surface area contributed by atoms with Crippen molar-refractivity contribution >= 4 is 49.7 Å². The molecule has 0 aliphatic carbocycles. The van der Waals surface area contributed by atoms with E-state index >= 15 is 0 Å². The van der Waals surface area contributed by atoms with Crippen LogP contribution in [-0.4, -0.2) is 42.9 Å². The SMILES string of the molecule is CCS(=O)(=O)N1C[C@H](C(=O)Nc2nnc(-c3ccc(Cl)cc3)s2)Oc2ccccc21. The molecule has 11 heteroatoms. The minimum Gasteiger partial charge on any atom is -0.476 e. The van der Waals surface area contributed by atoms with E-state index in [0.29, 0.717) is 21.5 Å². The lowest BCUT2D eigenvalue weighted by Gasteiger charge is -2.34. The van der Waals surface area contributed by atoms with Crippen LogP contribution in [0.2, 0.25) is 5.02 Å². The topological polar surface area (TPSA) is 101 Å². The third kappa shape index (κ3) is 4.11. The summed E-state index contributed by atoms with van der Waals surface area (Å²) in [5.74, 6) is -0.254. The van der Waals surface area contributed by atoms with E-state index in [9.17, 15) is 13.2 Å². The van der Waals surface area contributed by atoms with Crippen molar-refractivity contribution in [1.82, 2.24) is 10.2 Å². The van der Waals surface area contributed by atoms with Crippen LogP contribution in [0.25, 0.3) is 10.6 Å². The minimum absolute atomic E-state index is 0.0868. The first-order chi connectivity index (χ1) is 14.4. The van der Waals surface area contributed by atoms with Gasteiger partial charge in [-0.1, -0.05) is 47.2 Å². The molecule has 30 heavy (non-hydrogen) atoms. The number of hydrogen-bond donors (Lipinski definition) is 1. The third-order valence-corrected chi connectivity index (χ3v) is 7.36. The number of amides is 1. The molecule has 1 aliphatic heterocycles. The van der Waals surface area contributed by atoms with E-state index in [-0.39, 0.29) is 17.4 Å². The van der Waals surface area contributed by atoms with Crippen LogP contribution in [0.5, 0.6) is 5.75 Å². The fourth-order valence-electron chi connectivity index (χ4n) is 2.93. The van der Waals surface area contributed by atoms with Gasteiger partial charge in [0.1, 0.15) is 10.8 Å². The molecular formula is C19H17ClN4O4S2. The van der Waals surface area contributed by atoms with Crippen LogP contribution in [0.1, 0.15) is 6.92 Å². The number of hydrogen-bond acceptors (Lipinski definition) is 7. The van der Waals surface area contributed by atoms with Gasteiger partial charge >= 0.3 is 0 Å². The number of ether oxygens (including phenoxy) is 1. The Balaban J connectivity index is 1.53. The van der Waals surface area contributed by atoms with Gasteiger partial charge in [0.25, 0.3) is 5.91 Å². The molecule has 0 saturated heterocycles. The molecule has 2 heterocycles. The number of nitrogens with zero attached hydrogens (tertiary/aromatic N) is 3. The molecule has 156 valence electrons. The lowest BCUT2D eigenvalue weighted by atomic mass is 10.2. The summed E-state index contributed by atoms with van der Waals surface area (Å²) in [7, 11) is -3.57. The van der Waals surface area contributed by atoms with Gasteiger partial charge in [0.05, 0.1) is 18.0 Å². The Hall–Kier alpha value is -2.69. The van der Waals surface area contributed by atoms with Gasteiger partial charge in [-0.05, 0) is 31.2 Å². The summed E-state index contributed by atoms with van der Waals surface area (Å²) in [4.78, 5) is 12.8. The summed E-state index contributed by atoms with van der Waals surface area (Å²) >= 11 is 7.10. The molecule has 1 aromatic heterocycles. The van der Waals surface area contributed by atoms with Crippen molar-refractivity contribution < 1.29 is 17.9 Å². The zero-order valence-corrected chi connectivity index (χ0v) is 18.2. The zero-order chi connectivity index (χ0) is 21.3. The van der Waals surface area contributed by atoms with E-state index in [1.807, 2.05) is 12.1 Å². The molecule has 8 nitrogen and oxygen atoms in total. The van der Waals surface area contributed by atoms with Gasteiger partial charge in [-0.15, -0.1) is 10.2 Å². The van der Waals surface area contributed by atoms with Crippen molar-refractivity contribution in [3.05, 3.63) is 53.6 Å². The number of fused-ring (bicyclic) bond motifs is 1. The summed E-state index contributed by atoms with van der Waals surface area (Å²) in [5.41, 5.74) is 1.24. The number of benzene rings is 2. The van der Waals surface area contributed by atoms with Gasteiger partial charge < -0.3 is 4.74 Å². The molecule has 2 aromatic carbocycles. The molecule has 0 unspecified atom stereocenters. The molecule has 0 saturated carbocycles. The van der Waals surface area contributed by atoms with E-state index in [4.69, 9.17) is 16.3 Å². The number of aromatic nitrogens is 2. The predicted molar refractivity (Wildman–Crippen MR) is 117 cm³/mol. The first-order valence-electron chi connectivity index (χ1n) is 9.04. The lowest BCUT2D eigenvalue weighted by molar-refractivity contribution is -0.122. The molecule has 1 N–H and O–H groups in total. The Kier molecular flexibility index (Phi) is 5.63. The van der Waals surface area contributed by atoms with E-state index in [2.05, 4.69) is 15.5 Å². The highest BCUT2D eigenvalue weighted by Gasteiger charge is 2.36. The second-order valence-corrected chi connectivity index (χ2v) is 10.0. The van der Waals surface area contributed by atoms with Gasteiger partial charge in [0, 0.05) is 10.6 Å². The number of para-hydroxylation sites is 2. The summed E-state index contributed by atoms with van der Waals surface area (Å²) < 4.78 is 32.1. The van der Waals surface area contributed by atoms with Gasteiger partial charge in [0.2, 0.25) is 15.2 Å². The van der Waals surface area contributed by atoms with Gasteiger partial charge in [-0.3, -0.25) is 14.4 Å². The maximum Gasteiger partial charge on any atom is 0.269 e. The molecule has 0 radical (unpaired) electrons. The molecular weight excluding hydrogens is 448 g/mol. The van der Waals surface area contributed by atoms with E-state index in [0.717, 1.165) is 5.56 Å². The number of rotatable bonds is 5. The fraction of sp³-hybridized carbons (Fsp3) is 0.211. The van der Waals surface area contributed by atoms with E-state index in [1.165, 1.54) is 15.6 Å². The van der Waals surface area contributed by atoms with Crippen LogP contribution in [0.3, 0.4) is 0 Å². The lowest BCUT2D eigenvalue weighted by Crippen LogP contribution is -2.49. The average molecular weight is 465 g/mol. The van der Waals surface area contributed by atoms with Crippen molar-refractivity contribution in [3.63, 3.8) is 0 Å². The Morgan fingerprint density at radius 1 is 1.23 bits per heavy atom. The second-order valence-electron chi connectivity index (χ2n) is 6.41. The van der Waals surface area contributed by atoms with Crippen LogP contribution in [0.4, 0.5) is 10.8 Å². The second kappa shape index (κ2) is 8.21. The maximum absolute atomic E-state index is 12.8. The monoisotopic (exact) mass is 464 g/mol. The molecule has 4 rings (SSSR count). The van der Waals surface area contributed by atoms with Crippen molar-refractivity contribution in [1.29, 1.82) is 0 Å². The highest BCUT2D eigenvalue weighted by molar-refractivity contribution is 7.92. The normalized spacial score (nSPS) is 15.9. The van der Waals surface area contributed by atoms with E-state index < -0.39 is 22.0 Å². The fourth-order valence-corrected chi connectivity index (χ4v) is 4.93. The van der Waals surface area contributed by atoms with Crippen molar-refractivity contribution in [2.75, 3.05) is 21.9 Å². The highest BCUT2D eigenvalue weighted by atomic mass is 35.5. The molecule has 0 fully saturated rings. The van der Waals surface area contributed by atoms with Crippen LogP contribution >= 0.6 is 22.9 Å². The van der Waals surface area contributed by atoms with Crippen LogP contribution < -0.4 is 14.4 Å². The van der Waals surface area contributed by atoms with Crippen molar-refractivity contribution in [3.8, 4) is 16.3 Å². The third-order valence-electron chi connectivity index (χ3n) is 4.47. The van der Waals surface area contributed by atoms with Crippen LogP contribution in [0, 0.1) is 0 Å². The summed E-state index contributed by atoms with van der Waals surface area (Å²) in [6.45, 7) is 1.43. The molecule has 1 aliphatic rings. The smallest absolute Gasteiger partial charge is 0.269 e. The summed E-state index contributed by atoms with van der Waals surface area (Å²) in [6.07, 6.45) is -1.02. The molecule has 0 bridgehead atoms. The Labute approximate surface area is 182 Å². The van der Waals surface area contributed by atoms with Crippen molar-refractivity contribution in [2.45, 2.75) is 13.0 Å². The van der Waals surface area contributed by atoms with Gasteiger partial charge in [0.15, 0.2) is 6.10 Å². The Bertz CT molecular complexity index is 1180. The number of nitrogens with one attached hydrogen (secondary N) is 1. The number of carbonyl (C=O) groups is 1. The first-order valence-corrected chi connectivity index (χ1v) is 11.8.